The molecule has 1 aromatic carbocycles. The van der Waals surface area contributed by atoms with Gasteiger partial charge in [0.05, 0.1) is 23.9 Å². The summed E-state index contributed by atoms with van der Waals surface area (Å²) in [5, 5.41) is 6.93. The molecule has 2 aromatic heterocycles. The number of anilines is 3. The van der Waals surface area contributed by atoms with Crippen LogP contribution in [0.5, 0.6) is 5.75 Å². The average Bonchev–Trinajstić information content (AvgIpc) is 2.87. The van der Waals surface area contributed by atoms with E-state index in [1.807, 2.05) is 39.0 Å². The van der Waals surface area contributed by atoms with Crippen molar-refractivity contribution in [3.05, 3.63) is 45.8 Å². The maximum atomic E-state index is 13.0. The first-order chi connectivity index (χ1) is 17.7. The number of morpholine rings is 1. The van der Waals surface area contributed by atoms with E-state index in [1.54, 1.807) is 16.8 Å². The molecule has 0 unspecified atom stereocenters. The number of rotatable bonds is 8. The zero-order chi connectivity index (χ0) is 26.7. The summed E-state index contributed by atoms with van der Waals surface area (Å²) in [6, 6.07) is 7.17. The molecule has 0 bridgehead atoms. The number of carbonyl (C=O) groups is 1. The van der Waals surface area contributed by atoms with Crippen LogP contribution in [0.2, 0.25) is 5.02 Å². The topological polar surface area (TPSA) is 111 Å². The Morgan fingerprint density at radius 3 is 2.78 bits per heavy atom. The van der Waals surface area contributed by atoms with Crippen molar-refractivity contribution >= 4 is 45.9 Å². The number of hydrogen-bond acceptors (Lipinski definition) is 8. The van der Waals surface area contributed by atoms with Crippen LogP contribution < -0.4 is 25.8 Å². The van der Waals surface area contributed by atoms with Crippen molar-refractivity contribution in [1.82, 2.24) is 19.9 Å². The van der Waals surface area contributed by atoms with Crippen LogP contribution in [-0.4, -0.2) is 59.4 Å². The summed E-state index contributed by atoms with van der Waals surface area (Å²) in [5.74, 6) is 0.850. The van der Waals surface area contributed by atoms with Crippen molar-refractivity contribution < 1.29 is 14.3 Å². The van der Waals surface area contributed by atoms with E-state index < -0.39 is 0 Å². The molecule has 2 atom stereocenters. The highest BCUT2D eigenvalue weighted by Crippen LogP contribution is 2.29. The van der Waals surface area contributed by atoms with Gasteiger partial charge in [0.2, 0.25) is 5.95 Å². The Labute approximate surface area is 220 Å². The molecule has 3 aromatic rings. The first kappa shape index (κ1) is 26.7. The lowest BCUT2D eigenvalue weighted by atomic mass is 10.1. The van der Waals surface area contributed by atoms with Gasteiger partial charge in [0, 0.05) is 37.3 Å². The number of fused-ring (bicyclic) bond motifs is 1. The summed E-state index contributed by atoms with van der Waals surface area (Å²) >= 11 is 6.45. The summed E-state index contributed by atoms with van der Waals surface area (Å²) in [4.78, 5) is 36.0. The highest BCUT2D eigenvalue weighted by atomic mass is 35.5. The standard InChI is InChI=1S/C26H33ClN6O4/c1-6-19-13-32(12-16(4)37-19)26-29-11-20(27)24(31-26)30-18-7-8-21-17(9-18)10-22(36-14-23(34)28-5)25(35)33(21)15(2)3/h7-11,15-16,19H,6,12-14H2,1-5H3,(H,28,34)(H,29,30,31)/t16-,19+/m1/s1. The highest BCUT2D eigenvalue weighted by molar-refractivity contribution is 6.32. The van der Waals surface area contributed by atoms with Crippen LogP contribution in [0.25, 0.3) is 10.9 Å². The Hall–Kier alpha value is -3.37. The summed E-state index contributed by atoms with van der Waals surface area (Å²) in [6.07, 6.45) is 2.70. The number of likely N-dealkylation sites (N-methyl/N-ethyl adjacent to an activating group) is 1. The van der Waals surface area contributed by atoms with Crippen molar-refractivity contribution in [1.29, 1.82) is 0 Å². The quantitative estimate of drug-likeness (QED) is 0.453. The van der Waals surface area contributed by atoms with Gasteiger partial charge < -0.3 is 29.6 Å². The Kier molecular flexibility index (Phi) is 8.19. The number of hydrogen-bond donors (Lipinski definition) is 2. The van der Waals surface area contributed by atoms with E-state index in [9.17, 15) is 9.59 Å². The van der Waals surface area contributed by atoms with Crippen LogP contribution in [0.4, 0.5) is 17.5 Å². The Balaban J connectivity index is 1.66. The number of nitrogens with zero attached hydrogens (tertiary/aromatic N) is 4. The molecule has 198 valence electrons. The van der Waals surface area contributed by atoms with Crippen molar-refractivity contribution in [2.75, 3.05) is 37.0 Å². The number of benzene rings is 1. The molecule has 1 aliphatic heterocycles. The van der Waals surface area contributed by atoms with E-state index in [4.69, 9.17) is 26.1 Å². The van der Waals surface area contributed by atoms with Crippen molar-refractivity contribution in [3.8, 4) is 5.75 Å². The van der Waals surface area contributed by atoms with E-state index in [0.29, 0.717) is 29.9 Å². The lowest BCUT2D eigenvalue weighted by Crippen LogP contribution is -2.47. The van der Waals surface area contributed by atoms with E-state index in [-0.39, 0.29) is 42.1 Å². The third kappa shape index (κ3) is 5.97. The summed E-state index contributed by atoms with van der Waals surface area (Å²) in [7, 11) is 1.52. The number of nitrogens with one attached hydrogen (secondary N) is 2. The smallest absolute Gasteiger partial charge is 0.293 e. The number of carbonyl (C=O) groups excluding carboxylic acids is 1. The fourth-order valence-electron chi connectivity index (χ4n) is 4.40. The van der Waals surface area contributed by atoms with Crippen LogP contribution in [0, 0.1) is 0 Å². The molecule has 10 nitrogen and oxygen atoms in total. The average molecular weight is 529 g/mol. The van der Waals surface area contributed by atoms with Gasteiger partial charge in [0.15, 0.2) is 18.2 Å². The molecule has 3 heterocycles. The fraction of sp³-hybridized carbons (Fsp3) is 0.462. The molecule has 37 heavy (non-hydrogen) atoms. The molecule has 0 radical (unpaired) electrons. The molecular weight excluding hydrogens is 496 g/mol. The zero-order valence-electron chi connectivity index (χ0n) is 21.7. The van der Waals surface area contributed by atoms with Crippen LogP contribution in [-0.2, 0) is 9.53 Å². The Bertz CT molecular complexity index is 1340. The van der Waals surface area contributed by atoms with Gasteiger partial charge in [-0.2, -0.15) is 4.98 Å². The molecule has 2 N–H and O–H groups in total. The second-order valence-corrected chi connectivity index (χ2v) is 9.79. The minimum absolute atomic E-state index is 0.0771. The molecule has 1 fully saturated rings. The molecular formula is C26H33ClN6O4. The Morgan fingerprint density at radius 2 is 2.08 bits per heavy atom. The Morgan fingerprint density at radius 1 is 1.30 bits per heavy atom. The van der Waals surface area contributed by atoms with Gasteiger partial charge in [-0.15, -0.1) is 0 Å². The molecule has 4 rings (SSSR count). The lowest BCUT2D eigenvalue weighted by molar-refractivity contribution is -0.122. The van der Waals surface area contributed by atoms with Gasteiger partial charge in [-0.1, -0.05) is 18.5 Å². The number of ether oxygens (including phenoxy) is 2. The maximum absolute atomic E-state index is 13.0. The lowest BCUT2D eigenvalue weighted by Gasteiger charge is -2.36. The molecule has 11 heteroatoms. The number of pyridine rings is 1. The van der Waals surface area contributed by atoms with Crippen LogP contribution >= 0.6 is 11.6 Å². The number of aromatic nitrogens is 3. The van der Waals surface area contributed by atoms with Crippen LogP contribution in [0.3, 0.4) is 0 Å². The fourth-order valence-corrected chi connectivity index (χ4v) is 4.54. The molecule has 1 amide bonds. The minimum Gasteiger partial charge on any atom is -0.478 e. The third-order valence-electron chi connectivity index (χ3n) is 6.22. The monoisotopic (exact) mass is 528 g/mol. The van der Waals surface area contributed by atoms with E-state index in [0.717, 1.165) is 23.0 Å². The van der Waals surface area contributed by atoms with Gasteiger partial charge in [-0.3, -0.25) is 9.59 Å². The van der Waals surface area contributed by atoms with Gasteiger partial charge in [0.25, 0.3) is 11.5 Å². The molecule has 0 saturated carbocycles. The van der Waals surface area contributed by atoms with Gasteiger partial charge in [-0.25, -0.2) is 4.98 Å². The number of amides is 1. The first-order valence-electron chi connectivity index (χ1n) is 12.4. The zero-order valence-corrected chi connectivity index (χ0v) is 22.5. The van der Waals surface area contributed by atoms with Gasteiger partial charge >= 0.3 is 0 Å². The largest absolute Gasteiger partial charge is 0.478 e. The highest BCUT2D eigenvalue weighted by Gasteiger charge is 2.26. The maximum Gasteiger partial charge on any atom is 0.293 e. The van der Waals surface area contributed by atoms with Gasteiger partial charge in [0.1, 0.15) is 5.02 Å². The van der Waals surface area contributed by atoms with Crippen molar-refractivity contribution in [2.45, 2.75) is 52.4 Å². The predicted molar refractivity (Wildman–Crippen MR) is 145 cm³/mol. The van der Waals surface area contributed by atoms with Crippen LogP contribution in [0.15, 0.2) is 35.3 Å². The van der Waals surface area contributed by atoms with E-state index in [2.05, 4.69) is 27.4 Å². The van der Waals surface area contributed by atoms with E-state index >= 15 is 0 Å². The third-order valence-corrected chi connectivity index (χ3v) is 6.49. The minimum atomic E-state index is -0.319. The molecule has 1 aliphatic rings. The molecule has 0 spiro atoms. The number of halogens is 1. The SMILES string of the molecule is CC[C@H]1CN(c2ncc(Cl)c(Nc3ccc4c(c3)cc(OCC(=O)NC)c(=O)n4C(C)C)n2)C[C@@H](C)O1. The first-order valence-corrected chi connectivity index (χ1v) is 12.8. The van der Waals surface area contributed by atoms with Crippen molar-refractivity contribution in [3.63, 3.8) is 0 Å². The second-order valence-electron chi connectivity index (χ2n) is 9.39. The summed E-state index contributed by atoms with van der Waals surface area (Å²) < 4.78 is 13.2. The summed E-state index contributed by atoms with van der Waals surface area (Å²) in [5.41, 5.74) is 1.19. The molecule has 0 aliphatic carbocycles. The van der Waals surface area contributed by atoms with Crippen LogP contribution in [0.1, 0.15) is 40.2 Å². The second kappa shape index (κ2) is 11.4. The molecule has 1 saturated heterocycles. The van der Waals surface area contributed by atoms with Crippen molar-refractivity contribution in [2.24, 2.45) is 0 Å². The van der Waals surface area contributed by atoms with E-state index in [1.165, 1.54) is 7.05 Å². The normalized spacial score (nSPS) is 17.8. The summed E-state index contributed by atoms with van der Waals surface area (Å²) in [6.45, 7) is 9.15. The van der Waals surface area contributed by atoms with Gasteiger partial charge in [-0.05, 0) is 51.5 Å². The predicted octanol–water partition coefficient (Wildman–Crippen LogP) is 3.90.